The summed E-state index contributed by atoms with van der Waals surface area (Å²) in [5.74, 6) is 0.775. The van der Waals surface area contributed by atoms with Crippen LogP contribution in [0.2, 0.25) is 0 Å². The van der Waals surface area contributed by atoms with E-state index in [1.807, 2.05) is 54.7 Å². The maximum absolute atomic E-state index is 5.04. The molecule has 0 atom stereocenters. The van der Waals surface area contributed by atoms with Gasteiger partial charge in [-0.25, -0.2) is 15.0 Å². The van der Waals surface area contributed by atoms with Gasteiger partial charge in [-0.05, 0) is 36.4 Å². The summed E-state index contributed by atoms with van der Waals surface area (Å²) in [6.07, 6.45) is 1.81. The summed E-state index contributed by atoms with van der Waals surface area (Å²) in [5, 5.41) is 3.15. The van der Waals surface area contributed by atoms with Crippen LogP contribution < -0.4 is 0 Å². The van der Waals surface area contributed by atoms with Crippen molar-refractivity contribution >= 4 is 49.4 Å². The normalized spacial score (nSPS) is 11.9. The zero-order chi connectivity index (χ0) is 20.4. The van der Waals surface area contributed by atoms with Crippen LogP contribution >= 0.6 is 0 Å². The minimum absolute atomic E-state index is 0.775. The van der Waals surface area contributed by atoms with Gasteiger partial charge in [0.1, 0.15) is 11.3 Å². The molecule has 144 valence electrons. The maximum atomic E-state index is 5.04. The monoisotopic (exact) mass is 397 g/mol. The fourth-order valence-electron chi connectivity index (χ4n) is 4.37. The lowest BCUT2D eigenvalue weighted by Crippen LogP contribution is -2.00. The Bertz CT molecular complexity index is 1800. The third-order valence-corrected chi connectivity index (χ3v) is 5.81. The number of aromatic nitrogens is 5. The van der Waals surface area contributed by atoms with E-state index in [1.165, 1.54) is 0 Å². The molecule has 0 saturated carbocycles. The average Bonchev–Trinajstić information content (AvgIpc) is 3.23. The SMILES string of the molecule is c1cnc2c(c1)ccc1ccc(-c3nc4ccccc4c4nc5ccccc5n34)nc12. The predicted octanol–water partition coefficient (Wildman–Crippen LogP) is 5.80. The standard InChI is InChI=1S/C26H15N5/c1-2-8-19-18(7-1)25-30-20-9-3-4-10-22(20)31(25)26(29-19)21-14-13-17-12-11-16-6-5-15-27-23(16)24(17)28-21/h1-15H. The number of imidazole rings is 1. The fraction of sp³-hybridized carbons (Fsp3) is 0. The van der Waals surface area contributed by atoms with Crippen LogP contribution in [0.15, 0.2) is 91.1 Å². The van der Waals surface area contributed by atoms with Gasteiger partial charge in [0.25, 0.3) is 0 Å². The zero-order valence-electron chi connectivity index (χ0n) is 16.4. The number of para-hydroxylation sites is 3. The Hall–Kier alpha value is -4.38. The molecule has 7 aromatic rings. The first-order valence-corrected chi connectivity index (χ1v) is 10.2. The first kappa shape index (κ1) is 16.4. The summed E-state index contributed by atoms with van der Waals surface area (Å²) in [6.45, 7) is 0. The van der Waals surface area contributed by atoms with Crippen LogP contribution in [0.25, 0.3) is 60.9 Å². The van der Waals surface area contributed by atoms with Crippen LogP contribution in [0.3, 0.4) is 0 Å². The molecule has 31 heavy (non-hydrogen) atoms. The number of nitrogens with zero attached hydrogens (tertiary/aromatic N) is 5. The molecule has 4 aromatic heterocycles. The van der Waals surface area contributed by atoms with E-state index in [0.717, 1.165) is 60.9 Å². The lowest BCUT2D eigenvalue weighted by atomic mass is 10.1. The lowest BCUT2D eigenvalue weighted by molar-refractivity contribution is 1.14. The van der Waals surface area contributed by atoms with Crippen molar-refractivity contribution in [3.63, 3.8) is 0 Å². The van der Waals surface area contributed by atoms with Crippen LogP contribution in [-0.4, -0.2) is 24.3 Å². The number of rotatable bonds is 1. The van der Waals surface area contributed by atoms with Crippen LogP contribution in [0, 0.1) is 0 Å². The van der Waals surface area contributed by atoms with E-state index in [4.69, 9.17) is 15.0 Å². The molecule has 0 amide bonds. The number of hydrogen-bond acceptors (Lipinski definition) is 4. The van der Waals surface area contributed by atoms with Gasteiger partial charge in [-0.2, -0.15) is 0 Å². The second kappa shape index (κ2) is 6.06. The summed E-state index contributed by atoms with van der Waals surface area (Å²) in [7, 11) is 0. The van der Waals surface area contributed by atoms with E-state index in [1.54, 1.807) is 0 Å². The third kappa shape index (κ3) is 2.31. The summed E-state index contributed by atoms with van der Waals surface area (Å²) in [5.41, 5.74) is 6.32. The first-order valence-electron chi connectivity index (χ1n) is 10.2. The highest BCUT2D eigenvalue weighted by atomic mass is 15.1. The van der Waals surface area contributed by atoms with E-state index < -0.39 is 0 Å². The topological polar surface area (TPSA) is 56.0 Å². The van der Waals surface area contributed by atoms with Crippen LogP contribution in [0.4, 0.5) is 0 Å². The minimum Gasteiger partial charge on any atom is -0.274 e. The molecule has 0 N–H and O–H groups in total. The maximum Gasteiger partial charge on any atom is 0.165 e. The van der Waals surface area contributed by atoms with E-state index in [2.05, 4.69) is 45.8 Å². The van der Waals surface area contributed by atoms with Crippen molar-refractivity contribution in [2.24, 2.45) is 0 Å². The molecule has 0 spiro atoms. The van der Waals surface area contributed by atoms with E-state index in [9.17, 15) is 0 Å². The Labute approximate surface area is 176 Å². The van der Waals surface area contributed by atoms with Crippen molar-refractivity contribution in [2.45, 2.75) is 0 Å². The molecule has 0 radical (unpaired) electrons. The van der Waals surface area contributed by atoms with E-state index in [-0.39, 0.29) is 0 Å². The molecule has 0 aliphatic heterocycles. The smallest absolute Gasteiger partial charge is 0.165 e. The van der Waals surface area contributed by atoms with Gasteiger partial charge in [-0.3, -0.25) is 9.38 Å². The van der Waals surface area contributed by atoms with Crippen molar-refractivity contribution in [2.75, 3.05) is 0 Å². The molecule has 0 aliphatic carbocycles. The van der Waals surface area contributed by atoms with Crippen molar-refractivity contribution in [3.8, 4) is 11.5 Å². The Morgan fingerprint density at radius 2 is 1.35 bits per heavy atom. The average molecular weight is 397 g/mol. The van der Waals surface area contributed by atoms with Crippen molar-refractivity contribution in [1.29, 1.82) is 0 Å². The summed E-state index contributed by atoms with van der Waals surface area (Å²) in [6, 6.07) is 28.6. The largest absolute Gasteiger partial charge is 0.274 e. The van der Waals surface area contributed by atoms with Gasteiger partial charge in [0.05, 0.1) is 27.6 Å². The molecule has 0 saturated heterocycles. The molecule has 5 nitrogen and oxygen atoms in total. The highest BCUT2D eigenvalue weighted by Crippen LogP contribution is 2.30. The molecule has 3 aromatic carbocycles. The fourth-order valence-corrected chi connectivity index (χ4v) is 4.37. The summed E-state index contributed by atoms with van der Waals surface area (Å²) in [4.78, 5) is 19.6. The molecule has 0 aliphatic rings. The molecule has 0 bridgehead atoms. The van der Waals surface area contributed by atoms with Gasteiger partial charge in [-0.15, -0.1) is 0 Å². The lowest BCUT2D eigenvalue weighted by Gasteiger charge is -2.10. The van der Waals surface area contributed by atoms with E-state index in [0.29, 0.717) is 0 Å². The second-order valence-corrected chi connectivity index (χ2v) is 7.62. The molecule has 0 fully saturated rings. The van der Waals surface area contributed by atoms with Gasteiger partial charge < -0.3 is 0 Å². The number of hydrogen-bond donors (Lipinski definition) is 0. The molecule has 5 heteroatoms. The predicted molar refractivity (Wildman–Crippen MR) is 124 cm³/mol. The van der Waals surface area contributed by atoms with Gasteiger partial charge in [0.2, 0.25) is 0 Å². The molecular formula is C26H15N5. The number of pyridine rings is 2. The molecule has 0 unspecified atom stereocenters. The van der Waals surface area contributed by atoms with Crippen LogP contribution in [0.5, 0.6) is 0 Å². The van der Waals surface area contributed by atoms with Gasteiger partial charge in [-0.1, -0.05) is 48.5 Å². The van der Waals surface area contributed by atoms with Gasteiger partial charge in [0.15, 0.2) is 5.82 Å². The highest BCUT2D eigenvalue weighted by Gasteiger charge is 2.16. The van der Waals surface area contributed by atoms with Crippen molar-refractivity contribution in [1.82, 2.24) is 24.3 Å². The Kier molecular flexibility index (Phi) is 3.21. The van der Waals surface area contributed by atoms with Gasteiger partial charge in [0, 0.05) is 22.4 Å². The third-order valence-electron chi connectivity index (χ3n) is 5.81. The highest BCUT2D eigenvalue weighted by molar-refractivity contribution is 6.03. The molecule has 7 rings (SSSR count). The first-order chi connectivity index (χ1) is 15.4. The zero-order valence-corrected chi connectivity index (χ0v) is 16.4. The quantitative estimate of drug-likeness (QED) is 0.329. The van der Waals surface area contributed by atoms with Gasteiger partial charge >= 0.3 is 0 Å². The van der Waals surface area contributed by atoms with E-state index >= 15 is 0 Å². The summed E-state index contributed by atoms with van der Waals surface area (Å²) >= 11 is 0. The van der Waals surface area contributed by atoms with Crippen LogP contribution in [-0.2, 0) is 0 Å². The van der Waals surface area contributed by atoms with Crippen LogP contribution in [0.1, 0.15) is 0 Å². The minimum atomic E-state index is 0.775. The van der Waals surface area contributed by atoms with Crippen molar-refractivity contribution < 1.29 is 0 Å². The Morgan fingerprint density at radius 3 is 2.29 bits per heavy atom. The van der Waals surface area contributed by atoms with Crippen molar-refractivity contribution in [3.05, 3.63) is 91.1 Å². The number of benzene rings is 3. The second-order valence-electron chi connectivity index (χ2n) is 7.62. The Morgan fingerprint density at radius 1 is 0.581 bits per heavy atom. The molecule has 4 heterocycles. The molecular weight excluding hydrogens is 382 g/mol. The Balaban J connectivity index is 1.65. The summed E-state index contributed by atoms with van der Waals surface area (Å²) < 4.78 is 2.12. The number of fused-ring (bicyclic) bond motifs is 8.